The number of morpholine rings is 1. The summed E-state index contributed by atoms with van der Waals surface area (Å²) >= 11 is 0. The molecule has 0 aromatic carbocycles. The molecular formula is C19H36N4O3. The molecule has 4 unspecified atom stereocenters. The van der Waals surface area contributed by atoms with E-state index in [2.05, 4.69) is 22.0 Å². The Morgan fingerprint density at radius 3 is 2.19 bits per heavy atom. The van der Waals surface area contributed by atoms with E-state index in [4.69, 9.17) is 4.74 Å². The third-order valence-electron chi connectivity index (χ3n) is 5.43. The van der Waals surface area contributed by atoms with Gasteiger partial charge in [0.1, 0.15) is 0 Å². The Labute approximate surface area is 158 Å². The zero-order chi connectivity index (χ0) is 19.3. The van der Waals surface area contributed by atoms with Gasteiger partial charge in [-0.1, -0.05) is 6.92 Å². The van der Waals surface area contributed by atoms with Gasteiger partial charge >= 0.3 is 0 Å². The summed E-state index contributed by atoms with van der Waals surface area (Å²) in [5, 5.41) is 3.01. The van der Waals surface area contributed by atoms with E-state index >= 15 is 0 Å². The first kappa shape index (κ1) is 21.1. The van der Waals surface area contributed by atoms with E-state index in [1.54, 1.807) is 0 Å². The van der Waals surface area contributed by atoms with Gasteiger partial charge in [-0.25, -0.2) is 0 Å². The lowest BCUT2D eigenvalue weighted by molar-refractivity contribution is -0.149. The van der Waals surface area contributed by atoms with Crippen LogP contribution in [-0.4, -0.2) is 96.6 Å². The number of carbonyl (C=O) groups excluding carboxylic acids is 2. The quantitative estimate of drug-likeness (QED) is 0.741. The second-order valence-corrected chi connectivity index (χ2v) is 7.87. The normalized spacial score (nSPS) is 27.8. The molecule has 2 fully saturated rings. The molecule has 0 aromatic rings. The SMILES string of the molecule is CCC(C)NC(=O)CN1CCN(C(C)C(=O)N2CC(C)OC(C)C2)CC1. The van der Waals surface area contributed by atoms with Gasteiger partial charge in [0.15, 0.2) is 0 Å². The summed E-state index contributed by atoms with van der Waals surface area (Å²) in [6.07, 6.45) is 1.13. The van der Waals surface area contributed by atoms with Crippen LogP contribution in [0.15, 0.2) is 0 Å². The molecule has 26 heavy (non-hydrogen) atoms. The van der Waals surface area contributed by atoms with E-state index in [0.717, 1.165) is 32.6 Å². The van der Waals surface area contributed by atoms with Crippen molar-refractivity contribution in [3.05, 3.63) is 0 Å². The van der Waals surface area contributed by atoms with Crippen LogP contribution < -0.4 is 5.32 Å². The zero-order valence-corrected chi connectivity index (χ0v) is 17.0. The molecule has 2 aliphatic rings. The summed E-state index contributed by atoms with van der Waals surface area (Å²) in [6, 6.07) is 0.100. The fourth-order valence-corrected chi connectivity index (χ4v) is 3.71. The topological polar surface area (TPSA) is 65.1 Å². The molecule has 2 amide bonds. The Balaban J connectivity index is 1.77. The summed E-state index contributed by atoms with van der Waals surface area (Å²) in [5.41, 5.74) is 0. The molecule has 150 valence electrons. The highest BCUT2D eigenvalue weighted by atomic mass is 16.5. The van der Waals surface area contributed by atoms with Gasteiger partial charge in [0, 0.05) is 45.3 Å². The van der Waals surface area contributed by atoms with Crippen molar-refractivity contribution in [2.45, 2.75) is 65.3 Å². The molecule has 0 aromatic heterocycles. The average molecular weight is 369 g/mol. The lowest BCUT2D eigenvalue weighted by Crippen LogP contribution is -2.58. The molecule has 7 heteroatoms. The number of nitrogens with one attached hydrogen (secondary N) is 1. The molecule has 0 bridgehead atoms. The molecule has 2 aliphatic heterocycles. The molecule has 7 nitrogen and oxygen atoms in total. The van der Waals surface area contributed by atoms with Crippen LogP contribution in [0.2, 0.25) is 0 Å². The summed E-state index contributed by atoms with van der Waals surface area (Å²) < 4.78 is 5.73. The van der Waals surface area contributed by atoms with Gasteiger partial charge in [-0.05, 0) is 34.1 Å². The monoisotopic (exact) mass is 368 g/mol. The van der Waals surface area contributed by atoms with Crippen molar-refractivity contribution in [1.82, 2.24) is 20.0 Å². The smallest absolute Gasteiger partial charge is 0.239 e. The molecule has 0 saturated carbocycles. The van der Waals surface area contributed by atoms with E-state index in [9.17, 15) is 9.59 Å². The van der Waals surface area contributed by atoms with Gasteiger partial charge in [-0.3, -0.25) is 19.4 Å². The van der Waals surface area contributed by atoms with Crippen LogP contribution in [0.4, 0.5) is 0 Å². The first-order chi connectivity index (χ1) is 12.3. The number of hydrogen-bond donors (Lipinski definition) is 1. The average Bonchev–Trinajstić information content (AvgIpc) is 2.60. The van der Waals surface area contributed by atoms with E-state index in [1.807, 2.05) is 32.6 Å². The number of carbonyl (C=O) groups is 2. The molecule has 2 saturated heterocycles. The predicted molar refractivity (Wildman–Crippen MR) is 102 cm³/mol. The Hall–Kier alpha value is -1.18. The van der Waals surface area contributed by atoms with E-state index in [1.165, 1.54) is 0 Å². The minimum absolute atomic E-state index is 0.0909. The fraction of sp³-hybridized carbons (Fsp3) is 0.895. The number of piperazine rings is 1. The molecule has 2 heterocycles. The van der Waals surface area contributed by atoms with Crippen LogP contribution in [0.3, 0.4) is 0 Å². The zero-order valence-electron chi connectivity index (χ0n) is 17.0. The highest BCUT2D eigenvalue weighted by Gasteiger charge is 2.32. The van der Waals surface area contributed by atoms with Crippen molar-refractivity contribution in [2.24, 2.45) is 0 Å². The Morgan fingerprint density at radius 2 is 1.65 bits per heavy atom. The lowest BCUT2D eigenvalue weighted by Gasteiger charge is -2.41. The molecular weight excluding hydrogens is 332 g/mol. The highest BCUT2D eigenvalue weighted by molar-refractivity contribution is 5.81. The van der Waals surface area contributed by atoms with Gasteiger partial charge in [0.2, 0.25) is 11.8 Å². The van der Waals surface area contributed by atoms with Crippen LogP contribution in [0.1, 0.15) is 41.0 Å². The van der Waals surface area contributed by atoms with E-state index < -0.39 is 0 Å². The number of ether oxygens (including phenoxy) is 1. The van der Waals surface area contributed by atoms with Crippen LogP contribution >= 0.6 is 0 Å². The van der Waals surface area contributed by atoms with Crippen molar-refractivity contribution in [3.8, 4) is 0 Å². The van der Waals surface area contributed by atoms with E-state index in [0.29, 0.717) is 19.6 Å². The van der Waals surface area contributed by atoms with Gasteiger partial charge in [-0.15, -0.1) is 0 Å². The minimum atomic E-state index is -0.122. The Kier molecular flexibility index (Phi) is 7.85. The van der Waals surface area contributed by atoms with Gasteiger partial charge in [0.25, 0.3) is 0 Å². The molecule has 0 aliphatic carbocycles. The second kappa shape index (κ2) is 9.67. The number of rotatable bonds is 6. The van der Waals surface area contributed by atoms with Crippen molar-refractivity contribution < 1.29 is 14.3 Å². The summed E-state index contributed by atoms with van der Waals surface area (Å²) in [6.45, 7) is 15.2. The maximum atomic E-state index is 12.9. The van der Waals surface area contributed by atoms with Crippen molar-refractivity contribution in [2.75, 3.05) is 45.8 Å². The fourth-order valence-electron chi connectivity index (χ4n) is 3.71. The maximum absolute atomic E-state index is 12.9. The largest absolute Gasteiger partial charge is 0.372 e. The van der Waals surface area contributed by atoms with Crippen molar-refractivity contribution >= 4 is 11.8 Å². The van der Waals surface area contributed by atoms with Crippen LogP contribution in [-0.2, 0) is 14.3 Å². The van der Waals surface area contributed by atoms with Gasteiger partial charge in [0.05, 0.1) is 24.8 Å². The van der Waals surface area contributed by atoms with Crippen LogP contribution in [0.5, 0.6) is 0 Å². The Morgan fingerprint density at radius 1 is 1.08 bits per heavy atom. The standard InChI is InChI=1S/C19H36N4O3/c1-6-14(2)20-18(24)13-21-7-9-22(10-8-21)17(5)19(25)23-11-15(3)26-16(4)12-23/h14-17H,6-13H2,1-5H3,(H,20,24). The summed E-state index contributed by atoms with van der Waals surface area (Å²) in [7, 11) is 0. The number of amides is 2. The van der Waals surface area contributed by atoms with Gasteiger partial charge < -0.3 is 15.0 Å². The minimum Gasteiger partial charge on any atom is -0.372 e. The molecule has 0 spiro atoms. The second-order valence-electron chi connectivity index (χ2n) is 7.87. The molecule has 2 rings (SSSR count). The van der Waals surface area contributed by atoms with Gasteiger partial charge in [-0.2, -0.15) is 0 Å². The first-order valence-electron chi connectivity index (χ1n) is 10.00. The van der Waals surface area contributed by atoms with Crippen molar-refractivity contribution in [3.63, 3.8) is 0 Å². The molecule has 4 atom stereocenters. The third kappa shape index (κ3) is 5.93. The van der Waals surface area contributed by atoms with E-state index in [-0.39, 0.29) is 36.1 Å². The summed E-state index contributed by atoms with van der Waals surface area (Å²) in [5.74, 6) is 0.281. The third-order valence-corrected chi connectivity index (χ3v) is 5.43. The lowest BCUT2D eigenvalue weighted by atomic mass is 10.1. The number of hydrogen-bond acceptors (Lipinski definition) is 5. The van der Waals surface area contributed by atoms with Crippen molar-refractivity contribution in [1.29, 1.82) is 0 Å². The van der Waals surface area contributed by atoms with Crippen LogP contribution in [0.25, 0.3) is 0 Å². The highest BCUT2D eigenvalue weighted by Crippen LogP contribution is 2.15. The molecule has 0 radical (unpaired) electrons. The molecule has 1 N–H and O–H groups in total. The summed E-state index contributed by atoms with van der Waals surface area (Å²) in [4.78, 5) is 31.2. The van der Waals surface area contributed by atoms with Crippen LogP contribution in [0, 0.1) is 0 Å². The maximum Gasteiger partial charge on any atom is 0.239 e. The Bertz CT molecular complexity index is 469. The predicted octanol–water partition coefficient (Wildman–Crippen LogP) is 0.543. The number of nitrogens with zero attached hydrogens (tertiary/aromatic N) is 3. The first-order valence-corrected chi connectivity index (χ1v) is 10.00.